The molecule has 0 aliphatic rings. The molecule has 0 spiro atoms. The predicted octanol–water partition coefficient (Wildman–Crippen LogP) is 3.40. The van der Waals surface area contributed by atoms with E-state index in [-0.39, 0.29) is 6.54 Å². The van der Waals surface area contributed by atoms with Crippen LogP contribution in [0.4, 0.5) is 0 Å². The Balaban J connectivity index is 2.75. The Morgan fingerprint density at radius 2 is 1.74 bits per heavy atom. The largest absolute Gasteiger partial charge is 0.386 e. The monoisotopic (exact) mass is 446 g/mol. The molecule has 0 amide bonds. The zero-order valence-electron chi connectivity index (χ0n) is 13.3. The second-order valence-corrected chi connectivity index (χ2v) is 7.89. The number of pyridine rings is 1. The fourth-order valence-electron chi connectivity index (χ4n) is 2.15. The maximum Gasteiger partial charge on any atom is 0.116 e. The van der Waals surface area contributed by atoms with E-state index in [1.54, 1.807) is 26.8 Å². The van der Waals surface area contributed by atoms with Gasteiger partial charge in [0.2, 0.25) is 0 Å². The SMILES string of the molecule is CC(C)(O)c1cc([C@](C)(O)CN)nc(-c2ccc(I)cc2)c1Cl. The Morgan fingerprint density at radius 3 is 2.22 bits per heavy atom. The Kier molecular flexibility index (Phi) is 5.37. The average molecular weight is 447 g/mol. The van der Waals surface area contributed by atoms with Gasteiger partial charge in [0.05, 0.1) is 22.0 Å². The van der Waals surface area contributed by atoms with E-state index in [2.05, 4.69) is 27.6 Å². The van der Waals surface area contributed by atoms with Crippen molar-refractivity contribution in [3.05, 3.63) is 50.2 Å². The molecule has 1 atom stereocenters. The van der Waals surface area contributed by atoms with Crippen molar-refractivity contribution in [2.45, 2.75) is 32.0 Å². The number of nitrogens with two attached hydrogens (primary N) is 1. The van der Waals surface area contributed by atoms with Gasteiger partial charge in [-0.2, -0.15) is 0 Å². The minimum absolute atomic E-state index is 0.0130. The van der Waals surface area contributed by atoms with Crippen LogP contribution in [-0.2, 0) is 11.2 Å². The molecule has 0 bridgehead atoms. The number of hydrogen-bond acceptors (Lipinski definition) is 4. The van der Waals surface area contributed by atoms with Crippen molar-refractivity contribution in [3.8, 4) is 11.3 Å². The Hall–Kier alpha value is -0.730. The average Bonchev–Trinajstić information content (AvgIpc) is 2.47. The highest BCUT2D eigenvalue weighted by molar-refractivity contribution is 14.1. The van der Waals surface area contributed by atoms with Crippen LogP contribution in [-0.4, -0.2) is 21.7 Å². The number of rotatable bonds is 4. The van der Waals surface area contributed by atoms with Gasteiger partial charge in [0.25, 0.3) is 0 Å². The second kappa shape index (κ2) is 6.64. The van der Waals surface area contributed by atoms with E-state index in [1.165, 1.54) is 0 Å². The summed E-state index contributed by atoms with van der Waals surface area (Å²) < 4.78 is 1.09. The van der Waals surface area contributed by atoms with Crippen molar-refractivity contribution >= 4 is 34.2 Å². The highest BCUT2D eigenvalue weighted by atomic mass is 127. The van der Waals surface area contributed by atoms with E-state index in [1.807, 2.05) is 24.3 Å². The Morgan fingerprint density at radius 1 is 1.17 bits per heavy atom. The number of hydrogen-bond donors (Lipinski definition) is 3. The lowest BCUT2D eigenvalue weighted by Gasteiger charge is -2.26. The molecule has 1 aromatic heterocycles. The topological polar surface area (TPSA) is 79.4 Å². The summed E-state index contributed by atoms with van der Waals surface area (Å²) in [6, 6.07) is 9.33. The molecular formula is C17H20ClIN2O2. The van der Waals surface area contributed by atoms with Crippen LogP contribution < -0.4 is 5.73 Å². The molecule has 2 rings (SSSR count). The van der Waals surface area contributed by atoms with E-state index in [0.29, 0.717) is 22.0 Å². The van der Waals surface area contributed by atoms with Gasteiger partial charge in [0, 0.05) is 21.2 Å². The molecule has 124 valence electrons. The zero-order chi connectivity index (χ0) is 17.4. The molecule has 2 aromatic rings. The molecule has 23 heavy (non-hydrogen) atoms. The summed E-state index contributed by atoms with van der Waals surface area (Å²) in [5.74, 6) is 0. The summed E-state index contributed by atoms with van der Waals surface area (Å²) >= 11 is 8.72. The highest BCUT2D eigenvalue weighted by Crippen LogP contribution is 2.37. The van der Waals surface area contributed by atoms with Gasteiger partial charge in [0.15, 0.2) is 0 Å². The zero-order valence-corrected chi connectivity index (χ0v) is 16.2. The first-order valence-electron chi connectivity index (χ1n) is 7.18. The lowest BCUT2D eigenvalue weighted by molar-refractivity contribution is 0.0595. The molecule has 1 heterocycles. The normalized spacial score (nSPS) is 14.6. The molecule has 0 saturated heterocycles. The van der Waals surface area contributed by atoms with Crippen molar-refractivity contribution in [2.24, 2.45) is 5.73 Å². The second-order valence-electron chi connectivity index (χ2n) is 6.26. The lowest BCUT2D eigenvalue weighted by Crippen LogP contribution is -2.33. The molecule has 1 aromatic carbocycles. The summed E-state index contributed by atoms with van der Waals surface area (Å²) in [4.78, 5) is 4.51. The Bertz CT molecular complexity index is 710. The summed E-state index contributed by atoms with van der Waals surface area (Å²) in [5, 5.41) is 21.3. The van der Waals surface area contributed by atoms with Gasteiger partial charge in [-0.05, 0) is 61.6 Å². The van der Waals surface area contributed by atoms with E-state index >= 15 is 0 Å². The molecule has 4 N–H and O–H groups in total. The van der Waals surface area contributed by atoms with Crippen molar-refractivity contribution in [1.29, 1.82) is 0 Å². The standard InChI is InChI=1S/C17H20ClIN2O2/c1-16(2,22)12-8-13(17(3,23)9-20)21-15(14(12)18)10-4-6-11(19)7-5-10/h4-8,22-23H,9,20H2,1-3H3/t17-/m1/s1. The van der Waals surface area contributed by atoms with Crippen LogP contribution in [0.15, 0.2) is 30.3 Å². The maximum atomic E-state index is 10.5. The predicted molar refractivity (Wildman–Crippen MR) is 101 cm³/mol. The number of aromatic nitrogens is 1. The van der Waals surface area contributed by atoms with Gasteiger partial charge in [-0.15, -0.1) is 0 Å². The van der Waals surface area contributed by atoms with E-state index in [0.717, 1.165) is 9.13 Å². The number of benzene rings is 1. The minimum Gasteiger partial charge on any atom is -0.386 e. The lowest BCUT2D eigenvalue weighted by atomic mass is 9.92. The summed E-state index contributed by atoms with van der Waals surface area (Å²) in [5.41, 5.74) is 5.41. The fraction of sp³-hybridized carbons (Fsp3) is 0.353. The third kappa shape index (κ3) is 4.03. The number of aliphatic hydroxyl groups is 2. The van der Waals surface area contributed by atoms with Crippen LogP contribution in [0, 0.1) is 3.57 Å². The fourth-order valence-corrected chi connectivity index (χ4v) is 2.95. The highest BCUT2D eigenvalue weighted by Gasteiger charge is 2.30. The minimum atomic E-state index is -1.30. The van der Waals surface area contributed by atoms with Gasteiger partial charge in [0.1, 0.15) is 5.60 Å². The van der Waals surface area contributed by atoms with Crippen molar-refractivity contribution < 1.29 is 10.2 Å². The first-order chi connectivity index (χ1) is 10.6. The van der Waals surface area contributed by atoms with Crippen LogP contribution in [0.3, 0.4) is 0 Å². The van der Waals surface area contributed by atoms with Crippen LogP contribution in [0.25, 0.3) is 11.3 Å². The van der Waals surface area contributed by atoms with Crippen molar-refractivity contribution in [2.75, 3.05) is 6.54 Å². The van der Waals surface area contributed by atoms with E-state index in [4.69, 9.17) is 17.3 Å². The van der Waals surface area contributed by atoms with Crippen molar-refractivity contribution in [3.63, 3.8) is 0 Å². The van der Waals surface area contributed by atoms with Crippen LogP contribution >= 0.6 is 34.2 Å². The molecule has 0 fully saturated rings. The third-order valence-electron chi connectivity index (χ3n) is 3.68. The summed E-state index contributed by atoms with van der Waals surface area (Å²) in [6.45, 7) is 4.90. The third-order valence-corrected chi connectivity index (χ3v) is 4.79. The quantitative estimate of drug-likeness (QED) is 0.629. The first-order valence-corrected chi connectivity index (χ1v) is 8.64. The molecule has 0 unspecified atom stereocenters. The summed E-state index contributed by atoms with van der Waals surface area (Å²) in [7, 11) is 0. The van der Waals surface area contributed by atoms with E-state index < -0.39 is 11.2 Å². The molecule has 0 radical (unpaired) electrons. The van der Waals surface area contributed by atoms with Gasteiger partial charge in [-0.3, -0.25) is 0 Å². The number of halogens is 2. The smallest absolute Gasteiger partial charge is 0.116 e. The van der Waals surface area contributed by atoms with Crippen LogP contribution in [0.5, 0.6) is 0 Å². The van der Waals surface area contributed by atoms with Gasteiger partial charge >= 0.3 is 0 Å². The molecule has 0 saturated carbocycles. The van der Waals surface area contributed by atoms with E-state index in [9.17, 15) is 10.2 Å². The van der Waals surface area contributed by atoms with Gasteiger partial charge < -0.3 is 15.9 Å². The van der Waals surface area contributed by atoms with Gasteiger partial charge in [-0.1, -0.05) is 23.7 Å². The maximum absolute atomic E-state index is 10.5. The molecular weight excluding hydrogens is 427 g/mol. The Labute approximate surface area is 154 Å². The first kappa shape index (κ1) is 18.6. The van der Waals surface area contributed by atoms with Crippen LogP contribution in [0.1, 0.15) is 32.0 Å². The molecule has 6 heteroatoms. The molecule has 0 aliphatic heterocycles. The summed E-state index contributed by atoms with van der Waals surface area (Å²) in [6.07, 6.45) is 0. The van der Waals surface area contributed by atoms with Crippen LogP contribution in [0.2, 0.25) is 5.02 Å². The van der Waals surface area contributed by atoms with Gasteiger partial charge in [-0.25, -0.2) is 4.98 Å². The molecule has 0 aliphatic carbocycles. The number of nitrogens with zero attached hydrogens (tertiary/aromatic N) is 1. The molecule has 4 nitrogen and oxygen atoms in total. The van der Waals surface area contributed by atoms with Crippen molar-refractivity contribution in [1.82, 2.24) is 4.98 Å².